The summed E-state index contributed by atoms with van der Waals surface area (Å²) in [5.41, 5.74) is 9.12. The van der Waals surface area contributed by atoms with Crippen molar-refractivity contribution in [3.8, 4) is 11.3 Å². The Morgan fingerprint density at radius 2 is 2.05 bits per heavy atom. The highest BCUT2D eigenvalue weighted by Gasteiger charge is 2.14. The zero-order valence-electron chi connectivity index (χ0n) is 10.1. The normalized spacial score (nSPS) is 11.1. The van der Waals surface area contributed by atoms with Crippen LogP contribution in [0.25, 0.3) is 16.9 Å². The third kappa shape index (κ3) is 2.03. The SMILES string of the molecule is Cc1ccc(-c2nc3c(Cl)cc(Cl)cn3c2N)cn1. The molecular formula is C13H10Cl2N4. The molecule has 0 spiro atoms. The maximum Gasteiger partial charge on any atom is 0.158 e. The Hall–Kier alpha value is -1.78. The van der Waals surface area contributed by atoms with Crippen LogP contribution >= 0.6 is 23.2 Å². The van der Waals surface area contributed by atoms with E-state index in [1.165, 1.54) is 0 Å². The van der Waals surface area contributed by atoms with E-state index in [0.29, 0.717) is 27.2 Å². The van der Waals surface area contributed by atoms with E-state index in [-0.39, 0.29) is 0 Å². The lowest BCUT2D eigenvalue weighted by molar-refractivity contribution is 1.19. The second-order valence-electron chi connectivity index (χ2n) is 4.23. The Bertz CT molecular complexity index is 762. The van der Waals surface area contributed by atoms with Crippen molar-refractivity contribution in [1.29, 1.82) is 0 Å². The largest absolute Gasteiger partial charge is 0.383 e. The summed E-state index contributed by atoms with van der Waals surface area (Å²) in [6.45, 7) is 1.92. The molecule has 0 fully saturated rings. The minimum atomic E-state index is 0.463. The molecule has 0 amide bonds. The number of halogens is 2. The van der Waals surface area contributed by atoms with Gasteiger partial charge in [0, 0.05) is 23.7 Å². The maximum atomic E-state index is 6.12. The minimum Gasteiger partial charge on any atom is -0.383 e. The van der Waals surface area contributed by atoms with E-state index >= 15 is 0 Å². The Labute approximate surface area is 119 Å². The average molecular weight is 293 g/mol. The summed E-state index contributed by atoms with van der Waals surface area (Å²) in [6.07, 6.45) is 3.43. The molecule has 3 heterocycles. The zero-order valence-corrected chi connectivity index (χ0v) is 11.6. The molecule has 4 nitrogen and oxygen atoms in total. The summed E-state index contributed by atoms with van der Waals surface area (Å²) in [6, 6.07) is 5.48. The van der Waals surface area contributed by atoms with Crippen LogP contribution in [0, 0.1) is 6.92 Å². The second-order valence-corrected chi connectivity index (χ2v) is 5.08. The standard InChI is InChI=1S/C13H10Cl2N4/c1-7-2-3-8(5-17-7)11-12(16)19-6-9(14)4-10(15)13(19)18-11/h2-6H,16H2,1H3. The van der Waals surface area contributed by atoms with Gasteiger partial charge in [0.15, 0.2) is 5.65 Å². The molecule has 3 aromatic rings. The molecule has 2 N–H and O–H groups in total. The topological polar surface area (TPSA) is 56.2 Å². The highest BCUT2D eigenvalue weighted by atomic mass is 35.5. The number of aryl methyl sites for hydroxylation is 1. The zero-order chi connectivity index (χ0) is 13.6. The van der Waals surface area contributed by atoms with Gasteiger partial charge < -0.3 is 5.73 Å². The fourth-order valence-corrected chi connectivity index (χ4v) is 2.42. The fraction of sp³-hybridized carbons (Fsp3) is 0.0769. The van der Waals surface area contributed by atoms with Crippen LogP contribution in [0.5, 0.6) is 0 Å². The first-order valence-electron chi connectivity index (χ1n) is 5.62. The predicted molar refractivity (Wildman–Crippen MR) is 77.6 cm³/mol. The molecule has 6 heteroatoms. The highest BCUT2D eigenvalue weighted by Crippen LogP contribution is 2.30. The lowest BCUT2D eigenvalue weighted by atomic mass is 10.2. The number of anilines is 1. The van der Waals surface area contributed by atoms with Gasteiger partial charge in [0.25, 0.3) is 0 Å². The third-order valence-corrected chi connectivity index (χ3v) is 3.35. The molecule has 3 aromatic heterocycles. The van der Waals surface area contributed by atoms with Gasteiger partial charge in [-0.3, -0.25) is 9.38 Å². The molecule has 3 rings (SSSR count). The minimum absolute atomic E-state index is 0.463. The number of hydrogen-bond donors (Lipinski definition) is 1. The van der Waals surface area contributed by atoms with Crippen LogP contribution in [-0.4, -0.2) is 14.4 Å². The molecule has 0 radical (unpaired) electrons. The molecule has 0 aliphatic carbocycles. The van der Waals surface area contributed by atoms with Crippen molar-refractivity contribution in [2.45, 2.75) is 6.92 Å². The maximum absolute atomic E-state index is 6.12. The van der Waals surface area contributed by atoms with Crippen LogP contribution in [0.4, 0.5) is 5.82 Å². The van der Waals surface area contributed by atoms with Crippen molar-refractivity contribution < 1.29 is 0 Å². The first-order valence-corrected chi connectivity index (χ1v) is 6.37. The number of imidazole rings is 1. The van der Waals surface area contributed by atoms with Crippen LogP contribution in [-0.2, 0) is 0 Å². The number of hydrogen-bond acceptors (Lipinski definition) is 3. The van der Waals surface area contributed by atoms with Crippen LogP contribution in [0.15, 0.2) is 30.6 Å². The van der Waals surface area contributed by atoms with Crippen molar-refractivity contribution in [1.82, 2.24) is 14.4 Å². The Morgan fingerprint density at radius 3 is 2.74 bits per heavy atom. The first-order chi connectivity index (χ1) is 9.06. The molecular weight excluding hydrogens is 283 g/mol. The summed E-state index contributed by atoms with van der Waals surface area (Å²) in [5, 5.41) is 0.973. The number of pyridine rings is 2. The third-order valence-electron chi connectivity index (χ3n) is 2.86. The number of nitrogens with two attached hydrogens (primary N) is 1. The van der Waals surface area contributed by atoms with Gasteiger partial charge in [-0.25, -0.2) is 4.98 Å². The van der Waals surface area contributed by atoms with Gasteiger partial charge in [-0.05, 0) is 25.1 Å². The quantitative estimate of drug-likeness (QED) is 0.746. The van der Waals surface area contributed by atoms with E-state index < -0.39 is 0 Å². The number of nitrogens with zero attached hydrogens (tertiary/aromatic N) is 3. The number of rotatable bonds is 1. The summed E-state index contributed by atoms with van der Waals surface area (Å²) in [7, 11) is 0. The van der Waals surface area contributed by atoms with Crippen LogP contribution < -0.4 is 5.73 Å². The fourth-order valence-electron chi connectivity index (χ4n) is 1.91. The molecule has 0 atom stereocenters. The van der Waals surface area contributed by atoms with E-state index in [2.05, 4.69) is 9.97 Å². The number of nitrogen functional groups attached to an aromatic ring is 1. The van der Waals surface area contributed by atoms with Gasteiger partial charge in [-0.2, -0.15) is 0 Å². The summed E-state index contributed by atoms with van der Waals surface area (Å²) >= 11 is 12.1. The van der Waals surface area contributed by atoms with Gasteiger partial charge in [-0.15, -0.1) is 0 Å². The van der Waals surface area contributed by atoms with Gasteiger partial charge in [-0.1, -0.05) is 23.2 Å². The van der Waals surface area contributed by atoms with Crippen molar-refractivity contribution in [3.05, 3.63) is 46.3 Å². The molecule has 0 saturated carbocycles. The van der Waals surface area contributed by atoms with Crippen molar-refractivity contribution >= 4 is 34.7 Å². The van der Waals surface area contributed by atoms with Crippen LogP contribution in [0.2, 0.25) is 10.0 Å². The van der Waals surface area contributed by atoms with Crippen molar-refractivity contribution in [3.63, 3.8) is 0 Å². The van der Waals surface area contributed by atoms with Crippen LogP contribution in [0.3, 0.4) is 0 Å². The average Bonchev–Trinajstić information content (AvgIpc) is 2.69. The molecule has 0 saturated heterocycles. The Morgan fingerprint density at radius 1 is 1.26 bits per heavy atom. The van der Waals surface area contributed by atoms with Crippen LogP contribution in [0.1, 0.15) is 5.69 Å². The molecule has 0 aromatic carbocycles. The van der Waals surface area contributed by atoms with Crippen molar-refractivity contribution in [2.24, 2.45) is 0 Å². The van der Waals surface area contributed by atoms with E-state index in [1.807, 2.05) is 19.1 Å². The molecule has 0 aliphatic heterocycles. The molecule has 96 valence electrons. The monoisotopic (exact) mass is 292 g/mol. The van der Waals surface area contributed by atoms with E-state index in [9.17, 15) is 0 Å². The van der Waals surface area contributed by atoms with E-state index in [0.717, 1.165) is 11.3 Å². The lowest BCUT2D eigenvalue weighted by Gasteiger charge is -2.00. The second kappa shape index (κ2) is 4.40. The summed E-state index contributed by atoms with van der Waals surface area (Å²) in [5.74, 6) is 0.491. The summed E-state index contributed by atoms with van der Waals surface area (Å²) in [4.78, 5) is 8.70. The molecule has 0 aliphatic rings. The van der Waals surface area contributed by atoms with E-state index in [1.54, 1.807) is 22.9 Å². The number of aromatic nitrogens is 3. The molecule has 0 bridgehead atoms. The molecule has 0 unspecified atom stereocenters. The van der Waals surface area contributed by atoms with Gasteiger partial charge in [0.1, 0.15) is 11.5 Å². The molecule has 19 heavy (non-hydrogen) atoms. The smallest absolute Gasteiger partial charge is 0.158 e. The predicted octanol–water partition coefficient (Wildman–Crippen LogP) is 3.59. The number of fused-ring (bicyclic) bond motifs is 1. The lowest BCUT2D eigenvalue weighted by Crippen LogP contribution is -1.94. The Balaban J connectivity index is 2.28. The van der Waals surface area contributed by atoms with Crippen molar-refractivity contribution in [2.75, 3.05) is 5.73 Å². The van der Waals surface area contributed by atoms with Gasteiger partial charge in [0.2, 0.25) is 0 Å². The van der Waals surface area contributed by atoms with Gasteiger partial charge in [0.05, 0.1) is 10.0 Å². The summed E-state index contributed by atoms with van der Waals surface area (Å²) < 4.78 is 1.68. The highest BCUT2D eigenvalue weighted by molar-refractivity contribution is 6.36. The Kier molecular flexibility index (Phi) is 2.84. The first kappa shape index (κ1) is 12.3. The van der Waals surface area contributed by atoms with E-state index in [4.69, 9.17) is 28.9 Å². The van der Waals surface area contributed by atoms with Gasteiger partial charge >= 0.3 is 0 Å².